The predicted octanol–water partition coefficient (Wildman–Crippen LogP) is 0.607. The monoisotopic (exact) mass is 324 g/mol. The van der Waals surface area contributed by atoms with Gasteiger partial charge in [0.25, 0.3) is 5.91 Å². The van der Waals surface area contributed by atoms with E-state index in [4.69, 9.17) is 5.14 Å². The second kappa shape index (κ2) is 5.56. The highest BCUT2D eigenvalue weighted by Gasteiger charge is 2.11. The van der Waals surface area contributed by atoms with Gasteiger partial charge in [-0.05, 0) is 34.1 Å². The molecule has 1 aromatic rings. The first-order valence-corrected chi connectivity index (χ1v) is 7.04. The second-order valence-corrected chi connectivity index (χ2v) is 5.84. The van der Waals surface area contributed by atoms with Gasteiger partial charge >= 0.3 is 0 Å². The van der Waals surface area contributed by atoms with Gasteiger partial charge in [0.1, 0.15) is 5.82 Å². The molecule has 1 amide bonds. The van der Waals surface area contributed by atoms with Gasteiger partial charge in [-0.3, -0.25) is 4.79 Å². The summed E-state index contributed by atoms with van der Waals surface area (Å²) in [7, 11) is -3.62. The van der Waals surface area contributed by atoms with Crippen molar-refractivity contribution < 1.29 is 17.6 Å². The molecule has 0 aliphatic rings. The fourth-order valence-electron chi connectivity index (χ4n) is 1.07. The molecule has 0 spiro atoms. The van der Waals surface area contributed by atoms with E-state index in [2.05, 4.69) is 21.2 Å². The van der Waals surface area contributed by atoms with Crippen molar-refractivity contribution in [3.05, 3.63) is 34.1 Å². The third-order valence-corrected chi connectivity index (χ3v) is 3.31. The molecule has 0 saturated heterocycles. The minimum Gasteiger partial charge on any atom is -0.351 e. The summed E-state index contributed by atoms with van der Waals surface area (Å²) in [6, 6.07) is 3.64. The van der Waals surface area contributed by atoms with Crippen LogP contribution >= 0.6 is 15.9 Å². The fourth-order valence-corrected chi connectivity index (χ4v) is 1.89. The van der Waals surface area contributed by atoms with Gasteiger partial charge in [-0.1, -0.05) is 0 Å². The van der Waals surface area contributed by atoms with Crippen LogP contribution in [0, 0.1) is 5.82 Å². The number of benzene rings is 1. The molecule has 0 aliphatic carbocycles. The van der Waals surface area contributed by atoms with E-state index in [1.165, 1.54) is 12.1 Å². The molecule has 0 aliphatic heterocycles. The summed E-state index contributed by atoms with van der Waals surface area (Å²) in [5.41, 5.74) is 0.0967. The van der Waals surface area contributed by atoms with E-state index in [1.54, 1.807) is 0 Å². The maximum atomic E-state index is 12.9. The maximum Gasteiger partial charge on any atom is 0.252 e. The van der Waals surface area contributed by atoms with Gasteiger partial charge < -0.3 is 5.32 Å². The molecule has 0 unspecified atom stereocenters. The summed E-state index contributed by atoms with van der Waals surface area (Å²) in [6.45, 7) is -0.124. The number of hydrogen-bond donors (Lipinski definition) is 2. The molecule has 0 saturated carbocycles. The van der Waals surface area contributed by atoms with Crippen LogP contribution in [-0.2, 0) is 10.0 Å². The van der Waals surface area contributed by atoms with E-state index in [-0.39, 0.29) is 17.9 Å². The van der Waals surface area contributed by atoms with Gasteiger partial charge in [-0.25, -0.2) is 17.9 Å². The lowest BCUT2D eigenvalue weighted by molar-refractivity contribution is 0.0955. The van der Waals surface area contributed by atoms with Crippen molar-refractivity contribution in [2.24, 2.45) is 5.14 Å². The van der Waals surface area contributed by atoms with Crippen LogP contribution in [0.3, 0.4) is 0 Å². The summed E-state index contributed by atoms with van der Waals surface area (Å²) in [4.78, 5) is 11.6. The highest BCUT2D eigenvalue weighted by molar-refractivity contribution is 9.10. The van der Waals surface area contributed by atoms with E-state index in [9.17, 15) is 17.6 Å². The molecule has 0 atom stereocenters. The zero-order valence-corrected chi connectivity index (χ0v) is 11.0. The van der Waals surface area contributed by atoms with Crippen molar-refractivity contribution in [1.29, 1.82) is 0 Å². The lowest BCUT2D eigenvalue weighted by Gasteiger charge is -2.06. The fraction of sp³-hybridized carbons (Fsp3) is 0.222. The van der Waals surface area contributed by atoms with E-state index < -0.39 is 21.7 Å². The molecule has 5 nitrogen and oxygen atoms in total. The van der Waals surface area contributed by atoms with E-state index in [0.29, 0.717) is 4.47 Å². The smallest absolute Gasteiger partial charge is 0.252 e. The topological polar surface area (TPSA) is 89.3 Å². The Bertz CT molecular complexity index is 533. The lowest BCUT2D eigenvalue weighted by Crippen LogP contribution is -2.31. The highest BCUT2D eigenvalue weighted by atomic mass is 79.9. The number of hydrogen-bond acceptors (Lipinski definition) is 3. The maximum absolute atomic E-state index is 12.9. The molecule has 0 fully saturated rings. The number of carbonyl (C=O) groups excluding carboxylic acids is 1. The summed E-state index contributed by atoms with van der Waals surface area (Å²) in [6.07, 6.45) is 0. The molecule has 8 heteroatoms. The molecule has 0 radical (unpaired) electrons. The van der Waals surface area contributed by atoms with Crippen molar-refractivity contribution in [1.82, 2.24) is 5.32 Å². The Hall–Kier alpha value is -0.990. The van der Waals surface area contributed by atoms with Crippen molar-refractivity contribution >= 4 is 31.9 Å². The van der Waals surface area contributed by atoms with E-state index >= 15 is 0 Å². The van der Waals surface area contributed by atoms with Crippen LogP contribution < -0.4 is 10.5 Å². The minimum atomic E-state index is -3.62. The Morgan fingerprint density at radius 1 is 1.47 bits per heavy atom. The van der Waals surface area contributed by atoms with Crippen LogP contribution in [0.2, 0.25) is 0 Å². The molecule has 0 bridgehead atoms. The van der Waals surface area contributed by atoms with E-state index in [0.717, 1.165) is 6.07 Å². The molecular weight excluding hydrogens is 315 g/mol. The second-order valence-electron chi connectivity index (χ2n) is 3.25. The number of amides is 1. The van der Waals surface area contributed by atoms with E-state index in [1.807, 2.05) is 0 Å². The first-order valence-electron chi connectivity index (χ1n) is 4.53. The minimum absolute atomic E-state index is 0.0967. The summed E-state index contributed by atoms with van der Waals surface area (Å²) in [5, 5.41) is 7.09. The number of rotatable bonds is 4. The van der Waals surface area contributed by atoms with Crippen LogP contribution in [0.15, 0.2) is 22.7 Å². The molecule has 94 valence electrons. The third-order valence-electron chi connectivity index (χ3n) is 1.85. The molecule has 1 aromatic carbocycles. The average molecular weight is 325 g/mol. The van der Waals surface area contributed by atoms with Crippen LogP contribution in [0.25, 0.3) is 0 Å². The van der Waals surface area contributed by atoms with Crippen LogP contribution in [0.1, 0.15) is 10.4 Å². The van der Waals surface area contributed by atoms with Crippen LogP contribution in [0.5, 0.6) is 0 Å². The van der Waals surface area contributed by atoms with Gasteiger partial charge in [-0.15, -0.1) is 0 Å². The standard InChI is InChI=1S/C9H10BrFN2O3S/c10-8-2-1-6(11)5-7(8)9(14)13-3-4-17(12,15)16/h1-2,5H,3-4H2,(H,13,14)(H2,12,15,16). The Morgan fingerprint density at radius 3 is 2.71 bits per heavy atom. The molecule has 0 heterocycles. The average Bonchev–Trinajstić information content (AvgIpc) is 2.19. The molecule has 0 aromatic heterocycles. The Labute approximate surface area is 106 Å². The zero-order chi connectivity index (χ0) is 13.1. The number of sulfonamides is 1. The number of halogens is 2. The molecular formula is C9H10BrFN2O3S. The third kappa shape index (κ3) is 4.80. The van der Waals surface area contributed by atoms with Crippen LogP contribution in [-0.4, -0.2) is 26.6 Å². The normalized spacial score (nSPS) is 11.2. The quantitative estimate of drug-likeness (QED) is 0.850. The number of nitrogens with two attached hydrogens (primary N) is 1. The number of nitrogens with one attached hydrogen (secondary N) is 1. The molecule has 1 rings (SSSR count). The lowest BCUT2D eigenvalue weighted by atomic mass is 10.2. The molecule has 17 heavy (non-hydrogen) atoms. The first-order chi connectivity index (χ1) is 7.79. The van der Waals surface area contributed by atoms with Crippen molar-refractivity contribution in [3.63, 3.8) is 0 Å². The number of carbonyl (C=O) groups is 1. The number of primary sulfonamides is 1. The zero-order valence-electron chi connectivity index (χ0n) is 8.61. The first kappa shape index (κ1) is 14.1. The van der Waals surface area contributed by atoms with Gasteiger partial charge in [0, 0.05) is 11.0 Å². The van der Waals surface area contributed by atoms with Gasteiger partial charge in [0.2, 0.25) is 10.0 Å². The summed E-state index contributed by atoms with van der Waals surface area (Å²) >= 11 is 3.09. The summed E-state index contributed by atoms with van der Waals surface area (Å²) < 4.78 is 34.6. The van der Waals surface area contributed by atoms with Crippen molar-refractivity contribution in [3.8, 4) is 0 Å². The van der Waals surface area contributed by atoms with Crippen molar-refractivity contribution in [2.75, 3.05) is 12.3 Å². The van der Waals surface area contributed by atoms with Crippen molar-refractivity contribution in [2.45, 2.75) is 0 Å². The van der Waals surface area contributed by atoms with Crippen LogP contribution in [0.4, 0.5) is 4.39 Å². The van der Waals surface area contributed by atoms with Gasteiger partial charge in [0.15, 0.2) is 0 Å². The van der Waals surface area contributed by atoms with Gasteiger partial charge in [-0.2, -0.15) is 0 Å². The molecule has 3 N–H and O–H groups in total. The Kier molecular flexibility index (Phi) is 4.61. The predicted molar refractivity (Wildman–Crippen MR) is 64.4 cm³/mol. The highest BCUT2D eigenvalue weighted by Crippen LogP contribution is 2.17. The SMILES string of the molecule is NS(=O)(=O)CCNC(=O)c1cc(F)ccc1Br. The van der Waals surface area contributed by atoms with Gasteiger partial charge in [0.05, 0.1) is 11.3 Å². The Balaban J connectivity index is 2.67. The Morgan fingerprint density at radius 2 is 2.12 bits per heavy atom. The largest absolute Gasteiger partial charge is 0.351 e. The summed E-state index contributed by atoms with van der Waals surface area (Å²) in [5.74, 6) is -1.49.